The second-order valence-electron chi connectivity index (χ2n) is 5.02. The first-order valence-electron chi connectivity index (χ1n) is 5.78. The van der Waals surface area contributed by atoms with Crippen molar-refractivity contribution in [2.45, 2.75) is 46.0 Å². The Kier molecular flexibility index (Phi) is 7.16. The molecule has 0 nitrogen and oxygen atoms in total. The third-order valence-electron chi connectivity index (χ3n) is 4.07. The Hall–Kier alpha value is 0.943. The first-order valence-corrected chi connectivity index (χ1v) is 7.01. The summed E-state index contributed by atoms with van der Waals surface area (Å²) in [6, 6.07) is 0. The Balaban J connectivity index is 0.00000112. The molecule has 0 aliphatic heterocycles. The molecule has 16 heavy (non-hydrogen) atoms. The monoisotopic (exact) mass is 335 g/mol. The zero-order valence-electron chi connectivity index (χ0n) is 10.0. The van der Waals surface area contributed by atoms with Crippen LogP contribution in [0.1, 0.15) is 46.0 Å². The number of hydrogen-bond donors (Lipinski definition) is 0. The fourth-order valence-electron chi connectivity index (χ4n) is 3.14. The van der Waals surface area contributed by atoms with E-state index in [1.807, 2.05) is 0 Å². The maximum absolute atomic E-state index is 2.43. The van der Waals surface area contributed by atoms with Crippen LogP contribution in [0.25, 0.3) is 0 Å². The van der Waals surface area contributed by atoms with Gasteiger partial charge >= 0.3 is 103 Å². The SMILES string of the molecule is CC(C)C1(C2=[C]([Zr+2])CC=C2)CCCC1.[Cl-].[Cl-]. The average molecular weight is 337 g/mol. The number of halogens is 2. The summed E-state index contributed by atoms with van der Waals surface area (Å²) < 4.78 is 1.72. The molecule has 2 aliphatic carbocycles. The Morgan fingerprint density at radius 1 is 1.19 bits per heavy atom. The van der Waals surface area contributed by atoms with Crippen LogP contribution in [0.15, 0.2) is 21.0 Å². The summed E-state index contributed by atoms with van der Waals surface area (Å²) in [7, 11) is 0. The molecule has 0 aromatic heterocycles. The van der Waals surface area contributed by atoms with Crippen LogP contribution in [-0.4, -0.2) is 0 Å². The van der Waals surface area contributed by atoms with Crippen LogP contribution in [0, 0.1) is 11.3 Å². The van der Waals surface area contributed by atoms with Gasteiger partial charge in [0.15, 0.2) is 0 Å². The summed E-state index contributed by atoms with van der Waals surface area (Å²) in [5, 5.41) is 0. The van der Waals surface area contributed by atoms with Gasteiger partial charge in [-0.15, -0.1) is 0 Å². The van der Waals surface area contributed by atoms with Crippen LogP contribution < -0.4 is 24.8 Å². The summed E-state index contributed by atoms with van der Waals surface area (Å²) >= 11 is 1.64. The van der Waals surface area contributed by atoms with E-state index in [9.17, 15) is 0 Å². The Bertz CT molecular complexity index is 286. The molecular weight excluding hydrogens is 318 g/mol. The normalized spacial score (nSPS) is 22.3. The quantitative estimate of drug-likeness (QED) is 0.545. The van der Waals surface area contributed by atoms with Crippen molar-refractivity contribution in [2.75, 3.05) is 0 Å². The molecule has 0 saturated heterocycles. The fourth-order valence-corrected chi connectivity index (χ4v) is 4.24. The van der Waals surface area contributed by atoms with Gasteiger partial charge in [-0.2, -0.15) is 0 Å². The molecule has 0 aromatic rings. The van der Waals surface area contributed by atoms with Gasteiger partial charge in [-0.1, -0.05) is 0 Å². The van der Waals surface area contributed by atoms with Crippen molar-refractivity contribution in [3.63, 3.8) is 0 Å². The summed E-state index contributed by atoms with van der Waals surface area (Å²) in [4.78, 5) is 0. The molecule has 89 valence electrons. The van der Waals surface area contributed by atoms with Crippen molar-refractivity contribution in [1.82, 2.24) is 0 Å². The van der Waals surface area contributed by atoms with Crippen LogP contribution in [0.3, 0.4) is 0 Å². The van der Waals surface area contributed by atoms with Gasteiger partial charge in [-0.05, 0) is 0 Å². The first-order chi connectivity index (χ1) is 6.67. The van der Waals surface area contributed by atoms with Crippen molar-refractivity contribution < 1.29 is 49.5 Å². The molecule has 2 rings (SSSR count). The fraction of sp³-hybridized carbons (Fsp3) is 0.692. The van der Waals surface area contributed by atoms with E-state index in [0.29, 0.717) is 5.41 Å². The Morgan fingerprint density at radius 2 is 1.75 bits per heavy atom. The summed E-state index contributed by atoms with van der Waals surface area (Å²) in [6.07, 6.45) is 11.8. The Morgan fingerprint density at radius 3 is 2.12 bits per heavy atom. The van der Waals surface area contributed by atoms with Gasteiger partial charge in [0.2, 0.25) is 0 Å². The number of hydrogen-bond acceptors (Lipinski definition) is 0. The maximum Gasteiger partial charge on any atom is -1.00 e. The van der Waals surface area contributed by atoms with Gasteiger partial charge in [-0.25, -0.2) is 0 Å². The molecule has 0 amide bonds. The van der Waals surface area contributed by atoms with E-state index in [1.54, 1.807) is 33.6 Å². The zero-order chi connectivity index (χ0) is 10.2. The third kappa shape index (κ3) is 2.85. The average Bonchev–Trinajstić information content (AvgIpc) is 2.72. The standard InChI is InChI=1S/C13H19.2ClH.Zr/c1-11(2)13(9-5-6-10-13)12-7-3-4-8-12;;;/h3,7,11H,4-6,9-10H2,1-2H3;2*1H;/q;;;+2/p-2. The molecule has 0 atom stereocenters. The Labute approximate surface area is 127 Å². The minimum Gasteiger partial charge on any atom is -1.00 e. The minimum atomic E-state index is 0. The topological polar surface area (TPSA) is 0 Å². The molecule has 1 fully saturated rings. The molecule has 1 saturated carbocycles. The maximum atomic E-state index is 2.43. The van der Waals surface area contributed by atoms with Gasteiger partial charge in [0.05, 0.1) is 0 Å². The van der Waals surface area contributed by atoms with Crippen molar-refractivity contribution in [3.05, 3.63) is 21.0 Å². The summed E-state index contributed by atoms with van der Waals surface area (Å²) in [6.45, 7) is 4.82. The summed E-state index contributed by atoms with van der Waals surface area (Å²) in [5.74, 6) is 0.818. The zero-order valence-corrected chi connectivity index (χ0v) is 14.0. The molecule has 0 heterocycles. The van der Waals surface area contributed by atoms with Crippen molar-refractivity contribution >= 4 is 0 Å². The van der Waals surface area contributed by atoms with Crippen LogP contribution >= 0.6 is 0 Å². The van der Waals surface area contributed by atoms with Crippen LogP contribution in [-0.2, 0) is 24.7 Å². The van der Waals surface area contributed by atoms with Crippen LogP contribution in [0.4, 0.5) is 0 Å². The molecule has 3 heteroatoms. The largest absolute Gasteiger partial charge is 1.00 e. The minimum absolute atomic E-state index is 0. The molecule has 0 unspecified atom stereocenters. The van der Waals surface area contributed by atoms with E-state index >= 15 is 0 Å². The van der Waals surface area contributed by atoms with E-state index in [0.717, 1.165) is 5.92 Å². The second-order valence-corrected chi connectivity index (χ2v) is 6.50. The molecule has 0 radical (unpaired) electrons. The van der Waals surface area contributed by atoms with E-state index in [2.05, 4.69) is 26.0 Å². The van der Waals surface area contributed by atoms with Gasteiger partial charge in [0, 0.05) is 0 Å². The second kappa shape index (κ2) is 6.76. The van der Waals surface area contributed by atoms with Crippen LogP contribution in [0.5, 0.6) is 0 Å². The molecule has 0 spiro atoms. The molecule has 0 N–H and O–H groups in total. The third-order valence-corrected chi connectivity index (χ3v) is 5.23. The summed E-state index contributed by atoms with van der Waals surface area (Å²) in [5.41, 5.74) is 2.29. The van der Waals surface area contributed by atoms with E-state index in [4.69, 9.17) is 0 Å². The van der Waals surface area contributed by atoms with E-state index in [-0.39, 0.29) is 24.8 Å². The smallest absolute Gasteiger partial charge is 1.00 e. The van der Waals surface area contributed by atoms with Crippen molar-refractivity contribution in [3.8, 4) is 0 Å². The molecule has 0 aromatic carbocycles. The van der Waals surface area contributed by atoms with Crippen LogP contribution in [0.2, 0.25) is 0 Å². The molecule has 2 aliphatic rings. The van der Waals surface area contributed by atoms with Crippen molar-refractivity contribution in [2.24, 2.45) is 11.3 Å². The van der Waals surface area contributed by atoms with Gasteiger partial charge in [0.1, 0.15) is 0 Å². The van der Waals surface area contributed by atoms with Gasteiger partial charge < -0.3 is 24.8 Å². The molecular formula is C13H19Cl2Zr. The number of rotatable bonds is 2. The predicted octanol–water partition coefficient (Wildman–Crippen LogP) is -2.03. The van der Waals surface area contributed by atoms with E-state index in [1.165, 1.54) is 32.1 Å². The predicted molar refractivity (Wildman–Crippen MR) is 56.5 cm³/mol. The number of allylic oxidation sites excluding steroid dienone is 4. The first kappa shape index (κ1) is 16.9. The van der Waals surface area contributed by atoms with Gasteiger partial charge in [0.25, 0.3) is 0 Å². The van der Waals surface area contributed by atoms with E-state index < -0.39 is 0 Å². The van der Waals surface area contributed by atoms with Crippen molar-refractivity contribution in [1.29, 1.82) is 0 Å². The van der Waals surface area contributed by atoms with Gasteiger partial charge in [-0.3, -0.25) is 0 Å². The molecule has 0 bridgehead atoms.